The van der Waals surface area contributed by atoms with Gasteiger partial charge in [0.1, 0.15) is 12.1 Å². The van der Waals surface area contributed by atoms with E-state index in [-0.39, 0.29) is 0 Å². The van der Waals surface area contributed by atoms with Crippen LogP contribution in [-0.4, -0.2) is 20.3 Å². The molecule has 0 N–H and O–H groups in total. The first-order valence-corrected chi connectivity index (χ1v) is 4.71. The summed E-state index contributed by atoms with van der Waals surface area (Å²) in [6.07, 6.45) is 7.52. The number of thioether (sulfide) groups is 1. The molecule has 1 aromatic heterocycles. The van der Waals surface area contributed by atoms with E-state index in [1.54, 1.807) is 24.3 Å². The zero-order valence-corrected chi connectivity index (χ0v) is 7.58. The molecule has 1 aliphatic rings. The highest BCUT2D eigenvalue weighted by Crippen LogP contribution is 2.17. The van der Waals surface area contributed by atoms with Crippen molar-refractivity contribution >= 4 is 22.6 Å². The zero-order chi connectivity index (χ0) is 8.39. The molecule has 2 rings (SSSR count). The van der Waals surface area contributed by atoms with E-state index < -0.39 is 0 Å². The maximum Gasteiger partial charge on any atom is 0.135 e. The summed E-state index contributed by atoms with van der Waals surface area (Å²) in [7, 11) is 0. The van der Waals surface area contributed by atoms with Gasteiger partial charge in [-0.25, -0.2) is 9.98 Å². The van der Waals surface area contributed by atoms with E-state index in [1.165, 1.54) is 0 Å². The molecular weight excluding hydrogens is 170 g/mol. The van der Waals surface area contributed by atoms with Crippen molar-refractivity contribution in [2.24, 2.45) is 4.99 Å². The molecule has 1 aliphatic heterocycles. The minimum absolute atomic E-state index is 0.976. The van der Waals surface area contributed by atoms with Crippen LogP contribution in [0.2, 0.25) is 0 Å². The quantitative estimate of drug-likeness (QED) is 0.658. The average Bonchev–Trinajstić information content (AvgIpc) is 2.56. The average molecular weight is 179 g/mol. The Hall–Kier alpha value is -1.03. The summed E-state index contributed by atoms with van der Waals surface area (Å²) in [6.45, 7) is 2.02. The lowest BCUT2D eigenvalue weighted by molar-refractivity contribution is 1.06. The number of aliphatic imine (C=N–C) groups is 1. The Morgan fingerprint density at radius 1 is 1.58 bits per heavy atom. The Bertz CT molecular complexity index is 324. The topological polar surface area (TPSA) is 30.2 Å². The lowest BCUT2D eigenvalue weighted by Gasteiger charge is -2.09. The molecular formula is C8H9N3S. The van der Waals surface area contributed by atoms with E-state index in [4.69, 9.17) is 0 Å². The first-order valence-electron chi connectivity index (χ1n) is 3.73. The van der Waals surface area contributed by atoms with Gasteiger partial charge < -0.3 is 0 Å². The lowest BCUT2D eigenvalue weighted by atomic mass is 10.5. The van der Waals surface area contributed by atoms with Crippen LogP contribution < -0.4 is 0 Å². The van der Waals surface area contributed by atoms with Crippen LogP contribution in [0.25, 0.3) is 5.82 Å². The first-order chi connectivity index (χ1) is 5.86. The fourth-order valence-corrected chi connectivity index (χ4v) is 1.67. The minimum atomic E-state index is 0.976. The Balaban J connectivity index is 2.31. The van der Waals surface area contributed by atoms with E-state index in [0.29, 0.717) is 0 Å². The summed E-state index contributed by atoms with van der Waals surface area (Å²) in [6, 6.07) is 0. The van der Waals surface area contributed by atoms with E-state index in [9.17, 15) is 0 Å². The van der Waals surface area contributed by atoms with E-state index in [1.807, 2.05) is 17.7 Å². The van der Waals surface area contributed by atoms with Crippen molar-refractivity contribution in [3.8, 4) is 0 Å². The lowest BCUT2D eigenvalue weighted by Crippen LogP contribution is -1.99. The molecule has 0 unspecified atom stereocenters. The summed E-state index contributed by atoms with van der Waals surface area (Å²) in [4.78, 5) is 8.36. The van der Waals surface area contributed by atoms with Crippen LogP contribution in [0.3, 0.4) is 0 Å². The summed E-state index contributed by atoms with van der Waals surface area (Å²) in [5.74, 6) is 1.98. The fraction of sp³-hybridized carbons (Fsp3) is 0.250. The van der Waals surface area contributed by atoms with Crippen LogP contribution in [0.5, 0.6) is 0 Å². The van der Waals surface area contributed by atoms with Crippen molar-refractivity contribution in [2.45, 2.75) is 6.92 Å². The van der Waals surface area contributed by atoms with Gasteiger partial charge in [-0.3, -0.25) is 4.57 Å². The zero-order valence-electron chi connectivity index (χ0n) is 6.77. The van der Waals surface area contributed by atoms with E-state index in [0.717, 1.165) is 16.6 Å². The van der Waals surface area contributed by atoms with E-state index in [2.05, 4.69) is 16.1 Å². The van der Waals surface area contributed by atoms with Gasteiger partial charge in [0.25, 0.3) is 0 Å². The van der Waals surface area contributed by atoms with Gasteiger partial charge in [-0.2, -0.15) is 0 Å². The maximum absolute atomic E-state index is 4.39. The van der Waals surface area contributed by atoms with Crippen molar-refractivity contribution in [2.75, 3.05) is 5.75 Å². The second-order valence-corrected chi connectivity index (χ2v) is 3.69. The number of imidazole rings is 1. The minimum Gasteiger partial charge on any atom is -0.291 e. The molecule has 0 fully saturated rings. The molecule has 0 bridgehead atoms. The molecule has 0 aliphatic carbocycles. The van der Waals surface area contributed by atoms with Crippen molar-refractivity contribution in [3.05, 3.63) is 24.8 Å². The van der Waals surface area contributed by atoms with Crippen LogP contribution in [0.1, 0.15) is 6.92 Å². The Morgan fingerprint density at radius 2 is 2.50 bits per heavy atom. The third kappa shape index (κ3) is 1.43. The molecule has 4 heteroatoms. The van der Waals surface area contributed by atoms with Crippen LogP contribution in [0.4, 0.5) is 0 Å². The fourth-order valence-electron chi connectivity index (χ4n) is 1.03. The van der Waals surface area contributed by atoms with Gasteiger partial charge in [0.15, 0.2) is 0 Å². The molecule has 3 nitrogen and oxygen atoms in total. The van der Waals surface area contributed by atoms with Crippen LogP contribution in [-0.2, 0) is 0 Å². The van der Waals surface area contributed by atoms with Gasteiger partial charge in [-0.1, -0.05) is 0 Å². The number of rotatable bonds is 1. The molecule has 0 aromatic carbocycles. The van der Waals surface area contributed by atoms with Crippen LogP contribution >= 0.6 is 11.8 Å². The van der Waals surface area contributed by atoms with Crippen LogP contribution in [0, 0.1) is 0 Å². The maximum atomic E-state index is 4.39. The summed E-state index contributed by atoms with van der Waals surface area (Å²) < 4.78 is 1.92. The molecule has 0 radical (unpaired) electrons. The molecule has 12 heavy (non-hydrogen) atoms. The third-order valence-corrected chi connectivity index (χ3v) is 2.44. The van der Waals surface area contributed by atoms with E-state index >= 15 is 0 Å². The van der Waals surface area contributed by atoms with Gasteiger partial charge in [-0.15, -0.1) is 11.8 Å². The van der Waals surface area contributed by atoms with Gasteiger partial charge in [0.05, 0.1) is 5.04 Å². The standard InChI is InChI=1S/C8H9N3S/c1-7-10-8(2-5-12-7)11-4-3-9-6-11/h2-4,6H,5H2,1H3. The number of aromatic nitrogens is 2. The summed E-state index contributed by atoms with van der Waals surface area (Å²) in [5, 5.41) is 1.11. The Morgan fingerprint density at radius 3 is 3.17 bits per heavy atom. The molecule has 1 aromatic rings. The smallest absolute Gasteiger partial charge is 0.135 e. The highest BCUT2D eigenvalue weighted by Gasteiger charge is 2.04. The number of nitrogens with zero attached hydrogens (tertiary/aromatic N) is 3. The summed E-state index contributed by atoms with van der Waals surface area (Å²) in [5.41, 5.74) is 0. The Labute approximate surface area is 75.2 Å². The highest BCUT2D eigenvalue weighted by molar-refractivity contribution is 8.14. The number of hydrogen-bond donors (Lipinski definition) is 0. The predicted octanol–water partition coefficient (Wildman–Crippen LogP) is 1.85. The number of hydrogen-bond acceptors (Lipinski definition) is 3. The molecule has 0 atom stereocenters. The van der Waals surface area contributed by atoms with Gasteiger partial charge in [0, 0.05) is 18.1 Å². The monoisotopic (exact) mass is 179 g/mol. The molecule has 2 heterocycles. The van der Waals surface area contributed by atoms with Crippen molar-refractivity contribution in [1.82, 2.24) is 9.55 Å². The summed E-state index contributed by atoms with van der Waals surface area (Å²) >= 11 is 1.76. The SMILES string of the molecule is CC1=NC(n2ccnc2)=CCS1. The molecule has 62 valence electrons. The molecule has 0 saturated carbocycles. The van der Waals surface area contributed by atoms with Crippen molar-refractivity contribution in [3.63, 3.8) is 0 Å². The predicted molar refractivity (Wildman–Crippen MR) is 52.1 cm³/mol. The second kappa shape index (κ2) is 3.15. The normalized spacial score (nSPS) is 17.1. The highest BCUT2D eigenvalue weighted by atomic mass is 32.2. The first kappa shape index (κ1) is 7.61. The largest absolute Gasteiger partial charge is 0.291 e. The van der Waals surface area contributed by atoms with Gasteiger partial charge in [-0.05, 0) is 13.0 Å². The third-order valence-electron chi connectivity index (χ3n) is 1.60. The molecule has 0 amide bonds. The molecule has 0 saturated heterocycles. The van der Waals surface area contributed by atoms with Gasteiger partial charge >= 0.3 is 0 Å². The van der Waals surface area contributed by atoms with Crippen LogP contribution in [0.15, 0.2) is 29.8 Å². The second-order valence-electron chi connectivity index (χ2n) is 2.47. The Kier molecular flexibility index (Phi) is 1.99. The van der Waals surface area contributed by atoms with Gasteiger partial charge in [0.2, 0.25) is 0 Å². The molecule has 0 spiro atoms. The van der Waals surface area contributed by atoms with Crippen molar-refractivity contribution in [1.29, 1.82) is 0 Å². The van der Waals surface area contributed by atoms with Crippen molar-refractivity contribution < 1.29 is 0 Å².